The lowest BCUT2D eigenvalue weighted by atomic mass is 9.84. The standard InChI is InChI=1S/C13H23NO3/c1-9-13(16-9)7-5-10(6-8-13)14-11(15)17-12(2,3)4/h9-10H,5-8H2,1-4H3,(H,14,15)/t9-,10?,13?/m0/s1. The van der Waals surface area contributed by atoms with Gasteiger partial charge in [0.15, 0.2) is 0 Å². The maximum Gasteiger partial charge on any atom is 0.407 e. The molecule has 17 heavy (non-hydrogen) atoms. The van der Waals surface area contributed by atoms with Crippen LogP contribution in [-0.2, 0) is 9.47 Å². The van der Waals surface area contributed by atoms with Crippen LogP contribution in [0.4, 0.5) is 4.79 Å². The van der Waals surface area contributed by atoms with Gasteiger partial charge in [0, 0.05) is 6.04 Å². The maximum atomic E-state index is 11.6. The Balaban J connectivity index is 1.73. The molecule has 4 heteroatoms. The molecule has 1 N–H and O–H groups in total. The molecule has 1 spiro atoms. The number of alkyl carbamates (subject to hydrolysis) is 1. The molecule has 4 nitrogen and oxygen atoms in total. The van der Waals surface area contributed by atoms with Crippen LogP contribution >= 0.6 is 0 Å². The van der Waals surface area contributed by atoms with E-state index in [9.17, 15) is 4.79 Å². The molecule has 1 aliphatic heterocycles. The minimum absolute atomic E-state index is 0.145. The normalized spacial score (nSPS) is 36.7. The topological polar surface area (TPSA) is 50.9 Å². The minimum atomic E-state index is -0.423. The summed E-state index contributed by atoms with van der Waals surface area (Å²) in [6.45, 7) is 7.76. The fourth-order valence-corrected chi connectivity index (χ4v) is 2.57. The summed E-state index contributed by atoms with van der Waals surface area (Å²) in [6, 6.07) is 0.242. The highest BCUT2D eigenvalue weighted by molar-refractivity contribution is 5.68. The first kappa shape index (κ1) is 12.7. The second-order valence-electron chi connectivity index (χ2n) is 6.25. The van der Waals surface area contributed by atoms with Gasteiger partial charge in [-0.3, -0.25) is 0 Å². The average Bonchev–Trinajstić information content (AvgIpc) is 2.78. The fourth-order valence-electron chi connectivity index (χ4n) is 2.57. The van der Waals surface area contributed by atoms with E-state index in [4.69, 9.17) is 9.47 Å². The third-order valence-corrected chi connectivity index (χ3v) is 3.65. The molecule has 2 aliphatic rings. The van der Waals surface area contributed by atoms with Crippen molar-refractivity contribution in [1.82, 2.24) is 5.32 Å². The van der Waals surface area contributed by atoms with E-state index in [1.54, 1.807) is 0 Å². The Labute approximate surface area is 103 Å². The van der Waals surface area contributed by atoms with Crippen molar-refractivity contribution in [2.24, 2.45) is 0 Å². The summed E-state index contributed by atoms with van der Waals surface area (Å²) in [5.41, 5.74) is -0.278. The Morgan fingerprint density at radius 2 is 1.88 bits per heavy atom. The van der Waals surface area contributed by atoms with Gasteiger partial charge in [0.05, 0.1) is 11.7 Å². The Morgan fingerprint density at radius 1 is 1.35 bits per heavy atom. The van der Waals surface area contributed by atoms with Crippen LogP contribution in [0.5, 0.6) is 0 Å². The first-order valence-corrected chi connectivity index (χ1v) is 6.48. The predicted molar refractivity (Wildman–Crippen MR) is 64.9 cm³/mol. The van der Waals surface area contributed by atoms with Crippen molar-refractivity contribution >= 4 is 6.09 Å². The summed E-state index contributed by atoms with van der Waals surface area (Å²) in [5.74, 6) is 0. The molecule has 0 radical (unpaired) electrons. The Morgan fingerprint density at radius 3 is 2.29 bits per heavy atom. The van der Waals surface area contributed by atoms with Gasteiger partial charge in [-0.1, -0.05) is 0 Å². The van der Waals surface area contributed by atoms with Gasteiger partial charge in [0.1, 0.15) is 5.60 Å². The molecule has 0 aromatic carbocycles. The number of rotatable bonds is 1. The second kappa shape index (κ2) is 4.16. The lowest BCUT2D eigenvalue weighted by molar-refractivity contribution is 0.0482. The largest absolute Gasteiger partial charge is 0.444 e. The number of amides is 1. The zero-order valence-corrected chi connectivity index (χ0v) is 11.2. The molecular formula is C13H23NO3. The van der Waals surface area contributed by atoms with E-state index in [1.165, 1.54) is 0 Å². The molecule has 0 bridgehead atoms. The highest BCUT2D eigenvalue weighted by atomic mass is 16.6. The lowest BCUT2D eigenvalue weighted by Crippen LogP contribution is -2.42. The molecule has 1 saturated carbocycles. The monoisotopic (exact) mass is 241 g/mol. The van der Waals surface area contributed by atoms with Gasteiger partial charge < -0.3 is 14.8 Å². The van der Waals surface area contributed by atoms with Gasteiger partial charge >= 0.3 is 6.09 Å². The molecule has 98 valence electrons. The van der Waals surface area contributed by atoms with E-state index in [0.29, 0.717) is 6.10 Å². The van der Waals surface area contributed by atoms with Crippen LogP contribution in [0.15, 0.2) is 0 Å². The molecule has 0 unspecified atom stereocenters. The number of carbonyl (C=O) groups excluding carboxylic acids is 1. The van der Waals surface area contributed by atoms with Crippen LogP contribution in [0.1, 0.15) is 53.4 Å². The lowest BCUT2D eigenvalue weighted by Gasteiger charge is -2.28. The molecule has 1 saturated heterocycles. The molecular weight excluding hydrogens is 218 g/mol. The Kier molecular flexibility index (Phi) is 3.10. The molecule has 1 aliphatic carbocycles. The second-order valence-corrected chi connectivity index (χ2v) is 6.25. The highest BCUT2D eigenvalue weighted by Gasteiger charge is 2.54. The summed E-state index contributed by atoms with van der Waals surface area (Å²) in [4.78, 5) is 11.6. The van der Waals surface area contributed by atoms with E-state index in [1.807, 2.05) is 20.8 Å². The molecule has 0 aromatic heterocycles. The van der Waals surface area contributed by atoms with Gasteiger partial charge in [-0.25, -0.2) is 4.79 Å². The maximum absolute atomic E-state index is 11.6. The van der Waals surface area contributed by atoms with Crippen molar-refractivity contribution < 1.29 is 14.3 Å². The van der Waals surface area contributed by atoms with Crippen molar-refractivity contribution in [3.05, 3.63) is 0 Å². The third kappa shape index (κ3) is 3.12. The number of hydrogen-bond acceptors (Lipinski definition) is 3. The van der Waals surface area contributed by atoms with Gasteiger partial charge in [-0.05, 0) is 53.4 Å². The summed E-state index contributed by atoms with van der Waals surface area (Å²) >= 11 is 0. The smallest absolute Gasteiger partial charge is 0.407 e. The number of epoxide rings is 1. The summed E-state index contributed by atoms with van der Waals surface area (Å²) in [6.07, 6.45) is 4.18. The zero-order valence-electron chi connectivity index (χ0n) is 11.2. The van der Waals surface area contributed by atoms with Crippen molar-refractivity contribution in [2.45, 2.75) is 76.7 Å². The summed E-state index contributed by atoms with van der Waals surface area (Å²) in [5, 5.41) is 2.94. The van der Waals surface area contributed by atoms with Gasteiger partial charge in [0.2, 0.25) is 0 Å². The molecule has 2 rings (SSSR count). The van der Waals surface area contributed by atoms with E-state index in [2.05, 4.69) is 12.2 Å². The Bertz CT molecular complexity index is 300. The number of hydrogen-bond donors (Lipinski definition) is 1. The third-order valence-electron chi connectivity index (χ3n) is 3.65. The van der Waals surface area contributed by atoms with Crippen molar-refractivity contribution in [3.63, 3.8) is 0 Å². The van der Waals surface area contributed by atoms with Gasteiger partial charge in [0.25, 0.3) is 0 Å². The summed E-state index contributed by atoms with van der Waals surface area (Å²) in [7, 11) is 0. The first-order valence-electron chi connectivity index (χ1n) is 6.48. The van der Waals surface area contributed by atoms with Crippen LogP contribution in [0.25, 0.3) is 0 Å². The molecule has 0 aromatic rings. The van der Waals surface area contributed by atoms with Crippen LogP contribution < -0.4 is 5.32 Å². The average molecular weight is 241 g/mol. The molecule has 2 fully saturated rings. The minimum Gasteiger partial charge on any atom is -0.444 e. The summed E-state index contributed by atoms with van der Waals surface area (Å²) < 4.78 is 10.9. The fraction of sp³-hybridized carbons (Fsp3) is 0.923. The highest BCUT2D eigenvalue weighted by Crippen LogP contribution is 2.47. The number of carbonyl (C=O) groups is 1. The van der Waals surface area contributed by atoms with Gasteiger partial charge in [-0.15, -0.1) is 0 Å². The van der Waals surface area contributed by atoms with E-state index < -0.39 is 5.60 Å². The number of nitrogens with one attached hydrogen (secondary N) is 1. The quantitative estimate of drug-likeness (QED) is 0.718. The Hall–Kier alpha value is -0.770. The van der Waals surface area contributed by atoms with Crippen molar-refractivity contribution in [1.29, 1.82) is 0 Å². The van der Waals surface area contributed by atoms with Gasteiger partial charge in [-0.2, -0.15) is 0 Å². The molecule has 1 amide bonds. The predicted octanol–water partition coefficient (Wildman–Crippen LogP) is 2.61. The van der Waals surface area contributed by atoms with Crippen molar-refractivity contribution in [3.8, 4) is 0 Å². The van der Waals surface area contributed by atoms with Crippen LogP contribution in [0, 0.1) is 0 Å². The SMILES string of the molecule is C[C@@H]1OC12CCC(NC(=O)OC(C)(C)C)CC2. The van der Waals surface area contributed by atoms with E-state index in [0.717, 1.165) is 25.7 Å². The van der Waals surface area contributed by atoms with Crippen LogP contribution in [-0.4, -0.2) is 29.4 Å². The molecule has 1 heterocycles. The zero-order chi connectivity index (χ0) is 12.7. The number of ether oxygens (including phenoxy) is 2. The first-order chi connectivity index (χ1) is 7.81. The van der Waals surface area contributed by atoms with Crippen LogP contribution in [0.3, 0.4) is 0 Å². The van der Waals surface area contributed by atoms with E-state index >= 15 is 0 Å². The molecule has 1 atom stereocenters. The van der Waals surface area contributed by atoms with Crippen LogP contribution in [0.2, 0.25) is 0 Å². The van der Waals surface area contributed by atoms with E-state index in [-0.39, 0.29) is 17.7 Å². The van der Waals surface area contributed by atoms with Crippen molar-refractivity contribution in [2.75, 3.05) is 0 Å².